The summed E-state index contributed by atoms with van der Waals surface area (Å²) in [5.41, 5.74) is 1.36. The van der Waals surface area contributed by atoms with Crippen LogP contribution in [0.25, 0.3) is 0 Å². The minimum Gasteiger partial charge on any atom is -0.444 e. The van der Waals surface area contributed by atoms with Crippen LogP contribution in [-0.2, 0) is 14.8 Å². The van der Waals surface area contributed by atoms with E-state index in [4.69, 9.17) is 4.74 Å². The van der Waals surface area contributed by atoms with Crippen molar-refractivity contribution in [3.05, 3.63) is 29.3 Å². The summed E-state index contributed by atoms with van der Waals surface area (Å²) in [6, 6.07) is 4.95. The van der Waals surface area contributed by atoms with Gasteiger partial charge in [0.15, 0.2) is 0 Å². The molecular weight excluding hydrogens is 304 g/mol. The van der Waals surface area contributed by atoms with E-state index < -0.39 is 21.7 Å². The molecule has 1 rings (SSSR count). The summed E-state index contributed by atoms with van der Waals surface area (Å²) >= 11 is 0. The third kappa shape index (κ3) is 6.03. The summed E-state index contributed by atoms with van der Waals surface area (Å²) in [6.07, 6.45) is -0.571. The van der Waals surface area contributed by atoms with Gasteiger partial charge in [0, 0.05) is 13.1 Å². The van der Waals surface area contributed by atoms with Crippen LogP contribution in [0.4, 0.5) is 4.79 Å². The number of hydrogen-bond donors (Lipinski definition) is 2. The van der Waals surface area contributed by atoms with Gasteiger partial charge in [0.2, 0.25) is 10.0 Å². The summed E-state index contributed by atoms with van der Waals surface area (Å²) in [4.78, 5) is 11.6. The van der Waals surface area contributed by atoms with Crippen LogP contribution in [0.5, 0.6) is 0 Å². The van der Waals surface area contributed by atoms with Gasteiger partial charge in [0.1, 0.15) is 5.60 Å². The minimum absolute atomic E-state index is 0.0918. The van der Waals surface area contributed by atoms with Gasteiger partial charge in [-0.05, 0) is 57.9 Å². The van der Waals surface area contributed by atoms with Crippen molar-refractivity contribution in [3.8, 4) is 0 Å². The quantitative estimate of drug-likeness (QED) is 0.811. The Morgan fingerprint density at radius 1 is 1.14 bits per heavy atom. The number of ether oxygens (including phenoxy) is 1. The lowest BCUT2D eigenvalue weighted by atomic mass is 10.1. The number of aryl methyl sites for hydroxylation is 2. The number of carbonyl (C=O) groups excluding carboxylic acids is 1. The van der Waals surface area contributed by atoms with Crippen molar-refractivity contribution in [1.29, 1.82) is 0 Å². The Labute approximate surface area is 132 Å². The fraction of sp³-hybridized carbons (Fsp3) is 0.533. The van der Waals surface area contributed by atoms with Gasteiger partial charge in [-0.15, -0.1) is 0 Å². The molecule has 0 fully saturated rings. The second-order valence-corrected chi connectivity index (χ2v) is 7.84. The predicted molar refractivity (Wildman–Crippen MR) is 85.3 cm³/mol. The van der Waals surface area contributed by atoms with Crippen LogP contribution in [0.15, 0.2) is 23.1 Å². The smallest absolute Gasteiger partial charge is 0.407 e. The molecule has 1 amide bonds. The van der Waals surface area contributed by atoms with Crippen LogP contribution in [0.1, 0.15) is 31.9 Å². The third-order valence-electron chi connectivity index (χ3n) is 2.87. The number of benzene rings is 1. The Kier molecular flexibility index (Phi) is 5.96. The fourth-order valence-corrected chi connectivity index (χ4v) is 2.75. The van der Waals surface area contributed by atoms with E-state index in [0.29, 0.717) is 0 Å². The van der Waals surface area contributed by atoms with Crippen LogP contribution >= 0.6 is 0 Å². The Hall–Kier alpha value is -1.60. The highest BCUT2D eigenvalue weighted by molar-refractivity contribution is 7.89. The first-order valence-corrected chi connectivity index (χ1v) is 8.53. The van der Waals surface area contributed by atoms with Gasteiger partial charge in [0.05, 0.1) is 4.90 Å². The highest BCUT2D eigenvalue weighted by Crippen LogP contribution is 2.14. The molecule has 1 aromatic carbocycles. The highest BCUT2D eigenvalue weighted by atomic mass is 32.2. The Morgan fingerprint density at radius 3 is 2.32 bits per heavy atom. The van der Waals surface area contributed by atoms with Crippen LogP contribution in [0.2, 0.25) is 0 Å². The molecule has 0 aromatic heterocycles. The number of amides is 1. The summed E-state index contributed by atoms with van der Waals surface area (Å²) in [5.74, 6) is 0. The summed E-state index contributed by atoms with van der Waals surface area (Å²) < 4.78 is 31.7. The van der Waals surface area contributed by atoms with Gasteiger partial charge >= 0.3 is 6.09 Å². The van der Waals surface area contributed by atoms with E-state index in [-0.39, 0.29) is 18.0 Å². The molecule has 0 atom stereocenters. The molecule has 0 unspecified atom stereocenters. The van der Waals surface area contributed by atoms with E-state index in [9.17, 15) is 13.2 Å². The molecule has 22 heavy (non-hydrogen) atoms. The zero-order valence-electron chi connectivity index (χ0n) is 13.7. The normalized spacial score (nSPS) is 12.0. The number of sulfonamides is 1. The molecule has 0 radical (unpaired) electrons. The molecule has 0 aliphatic carbocycles. The van der Waals surface area contributed by atoms with Gasteiger partial charge in [-0.3, -0.25) is 0 Å². The summed E-state index contributed by atoms with van der Waals surface area (Å²) in [7, 11) is -3.57. The maximum absolute atomic E-state index is 12.1. The zero-order chi connectivity index (χ0) is 17.0. The maximum atomic E-state index is 12.1. The Morgan fingerprint density at radius 2 is 1.77 bits per heavy atom. The van der Waals surface area contributed by atoms with Crippen molar-refractivity contribution in [3.63, 3.8) is 0 Å². The molecule has 0 aliphatic heterocycles. The number of alkyl carbamates (subject to hydrolysis) is 1. The Bertz CT molecular complexity index is 633. The topological polar surface area (TPSA) is 84.5 Å². The molecule has 2 N–H and O–H groups in total. The van der Waals surface area contributed by atoms with Crippen molar-refractivity contribution in [2.24, 2.45) is 0 Å². The van der Waals surface area contributed by atoms with Gasteiger partial charge in [-0.25, -0.2) is 17.9 Å². The number of carbonyl (C=O) groups is 1. The van der Waals surface area contributed by atoms with Crippen LogP contribution < -0.4 is 10.0 Å². The lowest BCUT2D eigenvalue weighted by Crippen LogP contribution is -2.37. The van der Waals surface area contributed by atoms with Crippen LogP contribution in [-0.4, -0.2) is 33.2 Å². The van der Waals surface area contributed by atoms with Crippen molar-refractivity contribution < 1.29 is 17.9 Å². The molecule has 6 nitrogen and oxygen atoms in total. The van der Waals surface area contributed by atoms with Crippen molar-refractivity contribution >= 4 is 16.1 Å². The molecule has 0 saturated carbocycles. The molecule has 1 aromatic rings. The van der Waals surface area contributed by atoms with Crippen molar-refractivity contribution in [1.82, 2.24) is 10.0 Å². The number of rotatable bonds is 5. The minimum atomic E-state index is -3.57. The zero-order valence-corrected chi connectivity index (χ0v) is 14.5. The SMILES string of the molecule is Cc1ccc(S(=O)(=O)NCCNC(=O)OC(C)(C)C)cc1C. The first kappa shape index (κ1) is 18.4. The lowest BCUT2D eigenvalue weighted by molar-refractivity contribution is 0.0529. The summed E-state index contributed by atoms with van der Waals surface area (Å²) in [5, 5.41) is 2.50. The Balaban J connectivity index is 2.50. The molecule has 0 saturated heterocycles. The van der Waals surface area contributed by atoms with E-state index in [1.807, 2.05) is 13.8 Å². The second-order valence-electron chi connectivity index (χ2n) is 6.07. The van der Waals surface area contributed by atoms with Crippen molar-refractivity contribution in [2.45, 2.75) is 45.1 Å². The average Bonchev–Trinajstić information content (AvgIpc) is 2.36. The predicted octanol–water partition coefficient (Wildman–Crippen LogP) is 2.11. The molecule has 0 aliphatic rings. The summed E-state index contributed by atoms with van der Waals surface area (Å²) in [6.45, 7) is 9.30. The van der Waals surface area contributed by atoms with Crippen LogP contribution in [0, 0.1) is 13.8 Å². The number of hydrogen-bond acceptors (Lipinski definition) is 4. The van der Waals surface area contributed by atoms with Gasteiger partial charge < -0.3 is 10.1 Å². The molecule has 0 bridgehead atoms. The highest BCUT2D eigenvalue weighted by Gasteiger charge is 2.17. The molecule has 0 spiro atoms. The van der Waals surface area contributed by atoms with E-state index in [1.54, 1.807) is 39.0 Å². The maximum Gasteiger partial charge on any atom is 0.407 e. The van der Waals surface area contributed by atoms with E-state index in [2.05, 4.69) is 10.0 Å². The largest absolute Gasteiger partial charge is 0.444 e. The van der Waals surface area contributed by atoms with E-state index in [0.717, 1.165) is 11.1 Å². The molecule has 7 heteroatoms. The first-order valence-electron chi connectivity index (χ1n) is 7.05. The monoisotopic (exact) mass is 328 g/mol. The standard InChI is InChI=1S/C15H24N2O4S/c1-11-6-7-13(10-12(11)2)22(19,20)17-9-8-16-14(18)21-15(3,4)5/h6-7,10,17H,8-9H2,1-5H3,(H,16,18). The number of nitrogens with one attached hydrogen (secondary N) is 2. The van der Waals surface area contributed by atoms with Crippen LogP contribution in [0.3, 0.4) is 0 Å². The molecular formula is C15H24N2O4S. The van der Waals surface area contributed by atoms with Gasteiger partial charge in [-0.1, -0.05) is 6.07 Å². The fourth-order valence-electron chi connectivity index (χ4n) is 1.63. The van der Waals surface area contributed by atoms with Crippen molar-refractivity contribution in [2.75, 3.05) is 13.1 Å². The second kappa shape index (κ2) is 7.11. The van der Waals surface area contributed by atoms with Gasteiger partial charge in [-0.2, -0.15) is 0 Å². The van der Waals surface area contributed by atoms with Gasteiger partial charge in [0.25, 0.3) is 0 Å². The van der Waals surface area contributed by atoms with E-state index >= 15 is 0 Å². The molecule has 0 heterocycles. The lowest BCUT2D eigenvalue weighted by Gasteiger charge is -2.19. The third-order valence-corrected chi connectivity index (χ3v) is 4.33. The first-order chi connectivity index (χ1) is 10.0. The van der Waals surface area contributed by atoms with E-state index in [1.165, 1.54) is 0 Å². The molecule has 124 valence electrons. The average molecular weight is 328 g/mol.